The monoisotopic (exact) mass is 323 g/mol. The van der Waals surface area contributed by atoms with Crippen LogP contribution in [0.3, 0.4) is 0 Å². The lowest BCUT2D eigenvalue weighted by molar-refractivity contribution is 0.0878. The normalized spacial score (nSPS) is 13.3. The molecule has 0 aliphatic heterocycles. The third-order valence-corrected chi connectivity index (χ3v) is 5.25. The first kappa shape index (κ1) is 16.7. The summed E-state index contributed by atoms with van der Waals surface area (Å²) in [4.78, 5) is 0.296. The van der Waals surface area contributed by atoms with Gasteiger partial charge in [0.15, 0.2) is 0 Å². The Kier molecular flexibility index (Phi) is 5.05. The average molecular weight is 323 g/mol. The largest absolute Gasteiger partial charge is 0.467 e. The second kappa shape index (κ2) is 6.64. The zero-order valence-corrected chi connectivity index (χ0v) is 14.0. The molecule has 6 heteroatoms. The lowest BCUT2D eigenvalue weighted by atomic mass is 10.1. The minimum absolute atomic E-state index is 0.110. The number of hydrogen-bond donors (Lipinski definition) is 1. The third kappa shape index (κ3) is 3.58. The summed E-state index contributed by atoms with van der Waals surface area (Å²) in [5, 5.41) is 0. The quantitative estimate of drug-likeness (QED) is 0.887. The summed E-state index contributed by atoms with van der Waals surface area (Å²) < 4.78 is 38.1. The molecule has 1 N–H and O–H groups in total. The molecule has 0 fully saturated rings. The van der Waals surface area contributed by atoms with Crippen LogP contribution in [0, 0.1) is 20.8 Å². The summed E-state index contributed by atoms with van der Waals surface area (Å²) in [6, 6.07) is 7.07. The Morgan fingerprint density at radius 3 is 2.45 bits per heavy atom. The van der Waals surface area contributed by atoms with E-state index in [1.165, 1.54) is 13.4 Å². The number of aryl methyl sites for hydroxylation is 3. The number of furan rings is 1. The van der Waals surface area contributed by atoms with Gasteiger partial charge in [0.1, 0.15) is 11.9 Å². The van der Waals surface area contributed by atoms with Crippen LogP contribution in [0.25, 0.3) is 0 Å². The van der Waals surface area contributed by atoms with Crippen LogP contribution in [0.4, 0.5) is 0 Å². The van der Waals surface area contributed by atoms with Gasteiger partial charge < -0.3 is 9.15 Å². The molecule has 2 aromatic rings. The zero-order chi connectivity index (χ0) is 16.3. The summed E-state index contributed by atoms with van der Waals surface area (Å²) in [7, 11) is -2.08. The maximum Gasteiger partial charge on any atom is 0.240 e. The molecule has 1 aromatic heterocycles. The number of methoxy groups -OCH3 is 1. The summed E-state index contributed by atoms with van der Waals surface area (Å²) in [5.74, 6) is 0.585. The number of hydrogen-bond acceptors (Lipinski definition) is 4. The molecule has 1 atom stereocenters. The average Bonchev–Trinajstić information content (AvgIpc) is 2.97. The van der Waals surface area contributed by atoms with Crippen molar-refractivity contribution in [2.45, 2.75) is 31.8 Å². The van der Waals surface area contributed by atoms with Gasteiger partial charge in [-0.3, -0.25) is 0 Å². The van der Waals surface area contributed by atoms with E-state index in [0.29, 0.717) is 10.7 Å². The van der Waals surface area contributed by atoms with Gasteiger partial charge in [-0.1, -0.05) is 6.07 Å². The van der Waals surface area contributed by atoms with E-state index >= 15 is 0 Å². The predicted octanol–water partition coefficient (Wildman–Crippen LogP) is 2.87. The van der Waals surface area contributed by atoms with E-state index in [1.807, 2.05) is 19.9 Å². The van der Waals surface area contributed by atoms with Gasteiger partial charge in [0, 0.05) is 13.7 Å². The van der Waals surface area contributed by atoms with Crippen molar-refractivity contribution < 1.29 is 17.6 Å². The van der Waals surface area contributed by atoms with Crippen LogP contribution < -0.4 is 4.72 Å². The highest BCUT2D eigenvalue weighted by Crippen LogP contribution is 2.21. The van der Waals surface area contributed by atoms with Crippen molar-refractivity contribution >= 4 is 10.0 Å². The molecule has 0 aliphatic rings. The molecule has 120 valence electrons. The highest BCUT2D eigenvalue weighted by molar-refractivity contribution is 7.89. The number of sulfonamides is 1. The van der Waals surface area contributed by atoms with Crippen LogP contribution in [0.2, 0.25) is 0 Å². The van der Waals surface area contributed by atoms with E-state index in [2.05, 4.69) is 4.72 Å². The zero-order valence-electron chi connectivity index (χ0n) is 13.2. The second-order valence-corrected chi connectivity index (χ2v) is 7.03. The first-order valence-electron chi connectivity index (χ1n) is 6.99. The molecule has 0 saturated heterocycles. The summed E-state index contributed by atoms with van der Waals surface area (Å²) in [6.45, 7) is 5.76. The van der Waals surface area contributed by atoms with E-state index in [4.69, 9.17) is 9.15 Å². The molecule has 0 spiro atoms. The molecule has 0 bridgehead atoms. The molecule has 2 rings (SSSR count). The molecular weight excluding hydrogens is 302 g/mol. The lowest BCUT2D eigenvalue weighted by Crippen LogP contribution is -2.29. The Morgan fingerprint density at radius 2 is 1.86 bits per heavy atom. The van der Waals surface area contributed by atoms with E-state index in [9.17, 15) is 8.42 Å². The fraction of sp³-hybridized carbons (Fsp3) is 0.375. The standard InChI is InChI=1S/C16H21NO4S/c1-11-8-13(3)16(9-12(11)2)22(18,19)17-10-15(20-4)14-6-5-7-21-14/h5-9,15,17H,10H2,1-4H3/t15-/m0/s1. The van der Waals surface area contributed by atoms with Crippen LogP contribution in [0.5, 0.6) is 0 Å². The topological polar surface area (TPSA) is 68.5 Å². The molecule has 0 saturated carbocycles. The highest BCUT2D eigenvalue weighted by Gasteiger charge is 2.21. The molecule has 5 nitrogen and oxygen atoms in total. The fourth-order valence-corrected chi connectivity index (χ4v) is 3.60. The molecule has 0 amide bonds. The van der Waals surface area contributed by atoms with Crippen molar-refractivity contribution in [2.24, 2.45) is 0 Å². The smallest absolute Gasteiger partial charge is 0.240 e. The summed E-state index contributed by atoms with van der Waals surface area (Å²) in [6.07, 6.45) is 1.07. The minimum Gasteiger partial charge on any atom is -0.467 e. The number of nitrogens with one attached hydrogen (secondary N) is 1. The Hall–Kier alpha value is -1.63. The van der Waals surface area contributed by atoms with Gasteiger partial charge in [0.2, 0.25) is 10.0 Å². The van der Waals surface area contributed by atoms with Crippen LogP contribution in [-0.4, -0.2) is 22.1 Å². The SMILES string of the molecule is CO[C@@H](CNS(=O)(=O)c1cc(C)c(C)cc1C)c1ccco1. The predicted molar refractivity (Wildman–Crippen MR) is 84.3 cm³/mol. The van der Waals surface area contributed by atoms with Crippen molar-refractivity contribution in [3.05, 3.63) is 53.0 Å². The Balaban J connectivity index is 2.19. The summed E-state index contributed by atoms with van der Waals surface area (Å²) in [5.41, 5.74) is 2.74. The van der Waals surface area contributed by atoms with E-state index in [1.54, 1.807) is 25.1 Å². The van der Waals surface area contributed by atoms with Gasteiger partial charge in [-0.05, 0) is 55.7 Å². The first-order valence-corrected chi connectivity index (χ1v) is 8.47. The highest BCUT2D eigenvalue weighted by atomic mass is 32.2. The number of benzene rings is 1. The molecular formula is C16H21NO4S. The fourth-order valence-electron chi connectivity index (χ4n) is 2.26. The van der Waals surface area contributed by atoms with E-state index < -0.39 is 16.1 Å². The maximum absolute atomic E-state index is 12.5. The second-order valence-electron chi connectivity index (χ2n) is 5.29. The van der Waals surface area contributed by atoms with Gasteiger partial charge in [-0.25, -0.2) is 13.1 Å². The van der Waals surface area contributed by atoms with Crippen molar-refractivity contribution in [3.63, 3.8) is 0 Å². The van der Waals surface area contributed by atoms with Crippen LogP contribution in [0.1, 0.15) is 28.6 Å². The molecule has 1 aromatic carbocycles. The number of ether oxygens (including phenoxy) is 1. The van der Waals surface area contributed by atoms with Gasteiger partial charge in [-0.15, -0.1) is 0 Å². The molecule has 1 heterocycles. The summed E-state index contributed by atoms with van der Waals surface area (Å²) >= 11 is 0. The van der Waals surface area contributed by atoms with Crippen molar-refractivity contribution in [1.29, 1.82) is 0 Å². The van der Waals surface area contributed by atoms with Crippen molar-refractivity contribution in [3.8, 4) is 0 Å². The maximum atomic E-state index is 12.5. The Bertz CT molecular complexity index is 736. The Labute approximate surface area is 131 Å². The molecule has 0 aliphatic carbocycles. The Morgan fingerprint density at radius 1 is 1.18 bits per heavy atom. The van der Waals surface area contributed by atoms with Crippen molar-refractivity contribution in [1.82, 2.24) is 4.72 Å². The van der Waals surface area contributed by atoms with E-state index in [0.717, 1.165) is 16.7 Å². The van der Waals surface area contributed by atoms with Gasteiger partial charge in [0.05, 0.1) is 11.2 Å². The lowest BCUT2D eigenvalue weighted by Gasteiger charge is -2.16. The van der Waals surface area contributed by atoms with Crippen LogP contribution in [-0.2, 0) is 14.8 Å². The third-order valence-electron chi connectivity index (χ3n) is 3.68. The van der Waals surface area contributed by atoms with E-state index in [-0.39, 0.29) is 6.54 Å². The van der Waals surface area contributed by atoms with Crippen molar-refractivity contribution in [2.75, 3.05) is 13.7 Å². The first-order chi connectivity index (χ1) is 10.3. The molecule has 22 heavy (non-hydrogen) atoms. The van der Waals surface area contributed by atoms with Gasteiger partial charge >= 0.3 is 0 Å². The minimum atomic E-state index is -3.60. The molecule has 0 radical (unpaired) electrons. The number of rotatable bonds is 6. The van der Waals surface area contributed by atoms with Gasteiger partial charge in [-0.2, -0.15) is 0 Å². The van der Waals surface area contributed by atoms with Crippen LogP contribution in [0.15, 0.2) is 39.8 Å². The van der Waals surface area contributed by atoms with Crippen LogP contribution >= 0.6 is 0 Å². The van der Waals surface area contributed by atoms with Gasteiger partial charge in [0.25, 0.3) is 0 Å². The molecule has 0 unspecified atom stereocenters.